The maximum atomic E-state index is 11.1. The number of nitrogens with one attached hydrogen (secondary N) is 1. The van der Waals surface area contributed by atoms with Crippen LogP contribution in [0.1, 0.15) is 24.1 Å². The number of hydrogen-bond donors (Lipinski definition) is 1. The Morgan fingerprint density at radius 3 is 2.64 bits per heavy atom. The van der Waals surface area contributed by atoms with Crippen LogP contribution in [0.25, 0.3) is 0 Å². The summed E-state index contributed by atoms with van der Waals surface area (Å²) in [5, 5.41) is 0. The summed E-state index contributed by atoms with van der Waals surface area (Å²) >= 11 is 0. The van der Waals surface area contributed by atoms with Crippen molar-refractivity contribution >= 4 is 0 Å². The quantitative estimate of drug-likeness (QED) is 0.871. The van der Waals surface area contributed by atoms with E-state index in [9.17, 15) is 4.79 Å². The van der Waals surface area contributed by atoms with Crippen LogP contribution in [-0.2, 0) is 13.0 Å². The lowest BCUT2D eigenvalue weighted by Crippen LogP contribution is -2.34. The van der Waals surface area contributed by atoms with E-state index >= 15 is 0 Å². The number of hydrogen-bond acceptors (Lipinski definition) is 5. The van der Waals surface area contributed by atoms with Gasteiger partial charge in [-0.1, -0.05) is 6.07 Å². The fourth-order valence-corrected chi connectivity index (χ4v) is 3.43. The molecule has 0 aromatic carbocycles. The molecule has 2 aromatic heterocycles. The summed E-state index contributed by atoms with van der Waals surface area (Å²) in [6.45, 7) is 2.85. The SMILES string of the molecule is COc1ccnc(CN2CCC(Cc3ccc(=O)[nH]c3)CC2)c1OC. The topological polar surface area (TPSA) is 67.5 Å². The van der Waals surface area contributed by atoms with Gasteiger partial charge in [0.05, 0.1) is 14.2 Å². The minimum atomic E-state index is -0.0432. The first-order valence-corrected chi connectivity index (χ1v) is 8.65. The van der Waals surface area contributed by atoms with Crippen LogP contribution in [0.2, 0.25) is 0 Å². The number of likely N-dealkylation sites (tertiary alicyclic amines) is 1. The van der Waals surface area contributed by atoms with Gasteiger partial charge >= 0.3 is 0 Å². The molecule has 6 nitrogen and oxygen atoms in total. The molecular weight excluding hydrogens is 318 g/mol. The van der Waals surface area contributed by atoms with Crippen molar-refractivity contribution in [2.75, 3.05) is 27.3 Å². The Labute approximate surface area is 147 Å². The number of aromatic amines is 1. The van der Waals surface area contributed by atoms with Crippen LogP contribution in [-0.4, -0.2) is 42.2 Å². The minimum absolute atomic E-state index is 0.0432. The molecule has 1 N–H and O–H groups in total. The van der Waals surface area contributed by atoms with E-state index in [1.54, 1.807) is 26.5 Å². The van der Waals surface area contributed by atoms with Gasteiger partial charge < -0.3 is 14.5 Å². The standard InChI is InChI=1S/C19H25N3O3/c1-24-17-5-8-20-16(19(17)25-2)13-22-9-6-14(7-10-22)11-15-3-4-18(23)21-12-15/h3-5,8,12,14H,6-7,9-11,13H2,1-2H3,(H,21,23). The van der Waals surface area contributed by atoms with Crippen LogP contribution in [0.3, 0.4) is 0 Å². The van der Waals surface area contributed by atoms with Crippen LogP contribution in [0, 0.1) is 5.92 Å². The molecule has 1 saturated heterocycles. The molecule has 0 saturated carbocycles. The van der Waals surface area contributed by atoms with Crippen LogP contribution in [0.5, 0.6) is 11.5 Å². The highest BCUT2D eigenvalue weighted by Crippen LogP contribution is 2.31. The molecule has 0 atom stereocenters. The van der Waals surface area contributed by atoms with Gasteiger partial charge in [0.2, 0.25) is 5.56 Å². The third kappa shape index (κ3) is 4.39. The zero-order valence-corrected chi connectivity index (χ0v) is 14.8. The Bertz CT molecular complexity index is 731. The second kappa shape index (κ2) is 8.16. The Balaban J connectivity index is 1.56. The number of rotatable bonds is 6. The number of methoxy groups -OCH3 is 2. The first kappa shape index (κ1) is 17.5. The van der Waals surface area contributed by atoms with Crippen molar-refractivity contribution in [1.82, 2.24) is 14.9 Å². The van der Waals surface area contributed by atoms with E-state index in [1.165, 1.54) is 5.56 Å². The molecule has 0 unspecified atom stereocenters. The summed E-state index contributed by atoms with van der Waals surface area (Å²) in [6, 6.07) is 5.35. The zero-order valence-electron chi connectivity index (χ0n) is 14.8. The van der Waals surface area contributed by atoms with Crippen LogP contribution >= 0.6 is 0 Å². The van der Waals surface area contributed by atoms with Gasteiger partial charge in [-0.15, -0.1) is 0 Å². The van der Waals surface area contributed by atoms with Crippen LogP contribution in [0.15, 0.2) is 35.4 Å². The van der Waals surface area contributed by atoms with E-state index in [4.69, 9.17) is 9.47 Å². The summed E-state index contributed by atoms with van der Waals surface area (Å²) < 4.78 is 10.8. The van der Waals surface area contributed by atoms with Gasteiger partial charge in [-0.05, 0) is 43.8 Å². The van der Waals surface area contributed by atoms with Gasteiger partial charge in [-0.25, -0.2) is 0 Å². The molecule has 25 heavy (non-hydrogen) atoms. The largest absolute Gasteiger partial charge is 0.493 e. The minimum Gasteiger partial charge on any atom is -0.493 e. The van der Waals surface area contributed by atoms with E-state index < -0.39 is 0 Å². The summed E-state index contributed by atoms with van der Waals surface area (Å²) in [4.78, 5) is 20.8. The number of H-pyrrole nitrogens is 1. The molecular formula is C19H25N3O3. The third-order valence-corrected chi connectivity index (χ3v) is 4.82. The highest BCUT2D eigenvalue weighted by atomic mass is 16.5. The number of pyridine rings is 2. The van der Waals surface area contributed by atoms with Crippen molar-refractivity contribution in [3.8, 4) is 11.5 Å². The Kier molecular flexibility index (Phi) is 5.71. The lowest BCUT2D eigenvalue weighted by Gasteiger charge is -2.32. The van der Waals surface area contributed by atoms with Crippen molar-refractivity contribution in [3.63, 3.8) is 0 Å². The molecule has 3 heterocycles. The molecule has 2 aromatic rings. The Hall–Kier alpha value is -2.34. The van der Waals surface area contributed by atoms with E-state index in [2.05, 4.69) is 14.9 Å². The molecule has 0 aliphatic carbocycles. The van der Waals surface area contributed by atoms with E-state index in [-0.39, 0.29) is 5.56 Å². The first-order chi connectivity index (χ1) is 12.2. The molecule has 134 valence electrons. The molecule has 3 rings (SSSR count). The molecule has 1 aliphatic rings. The zero-order chi connectivity index (χ0) is 17.6. The highest BCUT2D eigenvalue weighted by molar-refractivity contribution is 5.42. The van der Waals surface area contributed by atoms with Crippen molar-refractivity contribution in [2.24, 2.45) is 5.92 Å². The van der Waals surface area contributed by atoms with E-state index in [1.807, 2.05) is 18.3 Å². The van der Waals surface area contributed by atoms with Gasteiger partial charge in [0.15, 0.2) is 11.5 Å². The molecule has 6 heteroatoms. The fourth-order valence-electron chi connectivity index (χ4n) is 3.43. The second-order valence-electron chi connectivity index (χ2n) is 6.48. The van der Waals surface area contributed by atoms with Gasteiger partial charge in [0.1, 0.15) is 5.69 Å². The van der Waals surface area contributed by atoms with Gasteiger partial charge in [0, 0.05) is 31.1 Å². The number of aromatic nitrogens is 2. The maximum absolute atomic E-state index is 11.1. The average molecular weight is 343 g/mol. The molecule has 1 fully saturated rings. The maximum Gasteiger partial charge on any atom is 0.247 e. The predicted molar refractivity (Wildman–Crippen MR) is 96.1 cm³/mol. The number of ether oxygens (including phenoxy) is 2. The Morgan fingerprint density at radius 1 is 1.20 bits per heavy atom. The second-order valence-corrected chi connectivity index (χ2v) is 6.48. The molecule has 0 bridgehead atoms. The van der Waals surface area contributed by atoms with Gasteiger partial charge in [0.25, 0.3) is 0 Å². The monoisotopic (exact) mass is 343 g/mol. The first-order valence-electron chi connectivity index (χ1n) is 8.65. The van der Waals surface area contributed by atoms with E-state index in [0.717, 1.165) is 56.1 Å². The van der Waals surface area contributed by atoms with Crippen LogP contribution < -0.4 is 15.0 Å². The van der Waals surface area contributed by atoms with Gasteiger partial charge in [-0.3, -0.25) is 14.7 Å². The predicted octanol–water partition coefficient (Wildman–Crippen LogP) is 2.24. The van der Waals surface area contributed by atoms with Crippen LogP contribution in [0.4, 0.5) is 0 Å². The van der Waals surface area contributed by atoms with E-state index in [0.29, 0.717) is 5.92 Å². The van der Waals surface area contributed by atoms with Crippen molar-refractivity contribution in [2.45, 2.75) is 25.8 Å². The summed E-state index contributed by atoms with van der Waals surface area (Å²) in [5.41, 5.74) is 2.08. The molecule has 0 amide bonds. The normalized spacial score (nSPS) is 15.9. The smallest absolute Gasteiger partial charge is 0.247 e. The summed E-state index contributed by atoms with van der Waals surface area (Å²) in [7, 11) is 3.30. The number of piperidine rings is 1. The lowest BCUT2D eigenvalue weighted by molar-refractivity contribution is 0.173. The van der Waals surface area contributed by atoms with Gasteiger partial charge in [-0.2, -0.15) is 0 Å². The summed E-state index contributed by atoms with van der Waals surface area (Å²) in [5.74, 6) is 2.10. The van der Waals surface area contributed by atoms with Crippen molar-refractivity contribution in [1.29, 1.82) is 0 Å². The Morgan fingerprint density at radius 2 is 2.00 bits per heavy atom. The fraction of sp³-hybridized carbons (Fsp3) is 0.474. The highest BCUT2D eigenvalue weighted by Gasteiger charge is 2.22. The lowest BCUT2D eigenvalue weighted by atomic mass is 9.90. The van der Waals surface area contributed by atoms with Crippen molar-refractivity contribution in [3.05, 3.63) is 52.2 Å². The molecule has 0 spiro atoms. The third-order valence-electron chi connectivity index (χ3n) is 4.82. The average Bonchev–Trinajstić information content (AvgIpc) is 2.65. The summed E-state index contributed by atoms with van der Waals surface area (Å²) in [6.07, 6.45) is 6.90. The number of nitrogens with zero attached hydrogens (tertiary/aromatic N) is 2. The molecule has 1 aliphatic heterocycles. The molecule has 0 radical (unpaired) electrons. The van der Waals surface area contributed by atoms with Crippen molar-refractivity contribution < 1.29 is 9.47 Å².